The van der Waals surface area contributed by atoms with E-state index in [1.807, 2.05) is 5.38 Å². The molecule has 3 rings (SSSR count). The van der Waals surface area contributed by atoms with Crippen LogP contribution in [0.3, 0.4) is 0 Å². The van der Waals surface area contributed by atoms with Crippen LogP contribution in [0.4, 0.5) is 9.93 Å². The molecule has 1 aliphatic carbocycles. The van der Waals surface area contributed by atoms with Crippen LogP contribution < -0.4 is 10.6 Å². The second kappa shape index (κ2) is 6.75. The summed E-state index contributed by atoms with van der Waals surface area (Å²) in [6.07, 6.45) is 3.73. The number of thiazole rings is 2. The highest BCUT2D eigenvalue weighted by Gasteiger charge is 2.22. The topological polar surface area (TPSA) is 66.9 Å². The van der Waals surface area contributed by atoms with E-state index in [0.29, 0.717) is 23.5 Å². The Labute approximate surface area is 138 Å². The van der Waals surface area contributed by atoms with Crippen LogP contribution in [0.25, 0.3) is 0 Å². The number of aromatic nitrogens is 2. The maximum atomic E-state index is 11.9. The second-order valence-corrected chi connectivity index (χ2v) is 7.63. The quantitative estimate of drug-likeness (QED) is 0.855. The summed E-state index contributed by atoms with van der Waals surface area (Å²) < 4.78 is 0. The van der Waals surface area contributed by atoms with Crippen molar-refractivity contribution in [1.29, 1.82) is 0 Å². The van der Waals surface area contributed by atoms with Gasteiger partial charge in [0.2, 0.25) is 0 Å². The number of nitrogens with one attached hydrogen (secondary N) is 2. The molecule has 0 aliphatic heterocycles. The molecule has 7 heteroatoms. The van der Waals surface area contributed by atoms with E-state index in [9.17, 15) is 4.79 Å². The monoisotopic (exact) mass is 336 g/mol. The Bertz CT molecular complexity index is 646. The molecule has 2 N–H and O–H groups in total. The molecule has 0 aromatic carbocycles. The third-order valence-electron chi connectivity index (χ3n) is 3.83. The van der Waals surface area contributed by atoms with Crippen LogP contribution in [0.2, 0.25) is 0 Å². The Morgan fingerprint density at radius 3 is 2.77 bits per heavy atom. The van der Waals surface area contributed by atoms with E-state index in [1.165, 1.54) is 30.6 Å². The molecule has 0 saturated heterocycles. The lowest BCUT2D eigenvalue weighted by molar-refractivity contribution is 0.251. The molecular formula is C15H20N4OS2. The minimum absolute atomic E-state index is 0.226. The third-order valence-corrected chi connectivity index (χ3v) is 5.47. The van der Waals surface area contributed by atoms with Gasteiger partial charge in [0.15, 0.2) is 5.13 Å². The molecule has 1 aliphatic rings. The van der Waals surface area contributed by atoms with Gasteiger partial charge < -0.3 is 5.32 Å². The molecule has 2 aromatic heterocycles. The van der Waals surface area contributed by atoms with Gasteiger partial charge >= 0.3 is 6.03 Å². The summed E-state index contributed by atoms with van der Waals surface area (Å²) in [5, 5.41) is 11.3. The van der Waals surface area contributed by atoms with Crippen molar-refractivity contribution in [2.75, 3.05) is 5.32 Å². The standard InChI is InChI=1S/C15H20N4OS2/c1-9(2)11-7-21-13(17-11)6-16-14(20)19-15-18-12(8-22-15)10-4-3-5-10/h7-10H,3-6H2,1-2H3,(H2,16,18,19,20). The molecule has 0 bridgehead atoms. The maximum Gasteiger partial charge on any atom is 0.321 e. The molecule has 118 valence electrons. The Kier molecular flexibility index (Phi) is 4.73. The molecule has 0 spiro atoms. The van der Waals surface area contributed by atoms with Gasteiger partial charge in [0.25, 0.3) is 0 Å². The van der Waals surface area contributed by atoms with Gasteiger partial charge in [-0.05, 0) is 18.8 Å². The summed E-state index contributed by atoms with van der Waals surface area (Å²) in [7, 11) is 0. The zero-order valence-electron chi connectivity index (χ0n) is 12.8. The van der Waals surface area contributed by atoms with E-state index in [4.69, 9.17) is 0 Å². The van der Waals surface area contributed by atoms with Gasteiger partial charge in [0.1, 0.15) is 5.01 Å². The van der Waals surface area contributed by atoms with Crippen molar-refractivity contribution in [3.05, 3.63) is 27.2 Å². The molecule has 22 heavy (non-hydrogen) atoms. The van der Waals surface area contributed by atoms with Crippen molar-refractivity contribution in [3.63, 3.8) is 0 Å². The number of rotatable bonds is 5. The van der Waals surface area contributed by atoms with Crippen LogP contribution in [-0.2, 0) is 6.54 Å². The number of carbonyl (C=O) groups is 1. The number of hydrogen-bond donors (Lipinski definition) is 2. The lowest BCUT2D eigenvalue weighted by atomic mass is 9.83. The van der Waals surface area contributed by atoms with Crippen molar-refractivity contribution in [2.45, 2.75) is 51.5 Å². The number of hydrogen-bond acceptors (Lipinski definition) is 5. The van der Waals surface area contributed by atoms with E-state index in [1.54, 1.807) is 11.3 Å². The van der Waals surface area contributed by atoms with E-state index >= 15 is 0 Å². The molecule has 0 radical (unpaired) electrons. The van der Waals surface area contributed by atoms with Gasteiger partial charge in [-0.15, -0.1) is 22.7 Å². The number of carbonyl (C=O) groups excluding carboxylic acids is 1. The second-order valence-electron chi connectivity index (χ2n) is 5.83. The highest BCUT2D eigenvalue weighted by Crippen LogP contribution is 2.37. The summed E-state index contributed by atoms with van der Waals surface area (Å²) in [4.78, 5) is 20.9. The van der Waals surface area contributed by atoms with Crippen LogP contribution in [0.5, 0.6) is 0 Å². The van der Waals surface area contributed by atoms with Crippen LogP contribution >= 0.6 is 22.7 Å². The molecule has 2 amide bonds. The van der Waals surface area contributed by atoms with Crippen molar-refractivity contribution < 1.29 is 4.79 Å². The van der Waals surface area contributed by atoms with Gasteiger partial charge in [-0.1, -0.05) is 20.3 Å². The first kappa shape index (κ1) is 15.4. The number of nitrogens with zero attached hydrogens (tertiary/aromatic N) is 2. The van der Waals surface area contributed by atoms with Crippen molar-refractivity contribution in [1.82, 2.24) is 15.3 Å². The van der Waals surface area contributed by atoms with E-state index in [-0.39, 0.29) is 6.03 Å². The Morgan fingerprint density at radius 1 is 1.32 bits per heavy atom. The molecule has 0 unspecified atom stereocenters. The number of amides is 2. The Hall–Kier alpha value is -1.47. The van der Waals surface area contributed by atoms with Crippen molar-refractivity contribution in [3.8, 4) is 0 Å². The fraction of sp³-hybridized carbons (Fsp3) is 0.533. The molecule has 2 aromatic rings. The first-order valence-electron chi connectivity index (χ1n) is 7.56. The number of urea groups is 1. The summed E-state index contributed by atoms with van der Waals surface area (Å²) in [5.41, 5.74) is 2.19. The van der Waals surface area contributed by atoms with Gasteiger partial charge in [-0.2, -0.15) is 0 Å². The molecule has 1 fully saturated rings. The zero-order chi connectivity index (χ0) is 15.5. The highest BCUT2D eigenvalue weighted by atomic mass is 32.1. The average Bonchev–Trinajstić information content (AvgIpc) is 3.04. The molecule has 1 saturated carbocycles. The van der Waals surface area contributed by atoms with Gasteiger partial charge in [-0.25, -0.2) is 14.8 Å². The third kappa shape index (κ3) is 3.64. The van der Waals surface area contributed by atoms with Crippen molar-refractivity contribution in [2.24, 2.45) is 0 Å². The number of anilines is 1. The molecular weight excluding hydrogens is 316 g/mol. The fourth-order valence-corrected chi connectivity index (χ4v) is 3.89. The maximum absolute atomic E-state index is 11.9. The van der Waals surface area contributed by atoms with Crippen molar-refractivity contribution >= 4 is 33.8 Å². The van der Waals surface area contributed by atoms with Gasteiger partial charge in [0, 0.05) is 16.7 Å². The summed E-state index contributed by atoms with van der Waals surface area (Å²) in [6.45, 7) is 4.67. The van der Waals surface area contributed by atoms with E-state index < -0.39 is 0 Å². The van der Waals surface area contributed by atoms with E-state index in [2.05, 4.69) is 39.8 Å². The predicted octanol–water partition coefficient (Wildman–Crippen LogP) is 4.31. The normalized spacial score (nSPS) is 14.9. The fourth-order valence-electron chi connectivity index (χ4n) is 2.20. The smallest absolute Gasteiger partial charge is 0.321 e. The lowest BCUT2D eigenvalue weighted by Crippen LogP contribution is -2.28. The summed E-state index contributed by atoms with van der Waals surface area (Å²) in [6, 6.07) is -0.226. The molecule has 5 nitrogen and oxygen atoms in total. The summed E-state index contributed by atoms with van der Waals surface area (Å²) in [5.74, 6) is 1.01. The Morgan fingerprint density at radius 2 is 2.14 bits per heavy atom. The largest absolute Gasteiger partial charge is 0.331 e. The zero-order valence-corrected chi connectivity index (χ0v) is 14.4. The highest BCUT2D eigenvalue weighted by molar-refractivity contribution is 7.14. The molecule has 2 heterocycles. The van der Waals surface area contributed by atoms with Crippen LogP contribution in [0.15, 0.2) is 10.8 Å². The predicted molar refractivity (Wildman–Crippen MR) is 90.8 cm³/mol. The van der Waals surface area contributed by atoms with E-state index in [0.717, 1.165) is 16.4 Å². The summed E-state index contributed by atoms with van der Waals surface area (Å²) >= 11 is 3.07. The van der Waals surface area contributed by atoms with Crippen LogP contribution in [0, 0.1) is 0 Å². The minimum Gasteiger partial charge on any atom is -0.331 e. The SMILES string of the molecule is CC(C)c1csc(CNC(=O)Nc2nc(C3CCC3)cs2)n1. The minimum atomic E-state index is -0.226. The van der Waals surface area contributed by atoms with Gasteiger partial charge in [-0.3, -0.25) is 5.32 Å². The molecule has 0 atom stereocenters. The Balaban J connectivity index is 1.48. The van der Waals surface area contributed by atoms with Crippen LogP contribution in [0.1, 0.15) is 61.3 Å². The lowest BCUT2D eigenvalue weighted by Gasteiger charge is -2.22. The van der Waals surface area contributed by atoms with Gasteiger partial charge in [0.05, 0.1) is 17.9 Å². The average molecular weight is 336 g/mol. The first-order chi connectivity index (χ1) is 10.6. The first-order valence-corrected chi connectivity index (χ1v) is 9.32. The van der Waals surface area contributed by atoms with Crippen LogP contribution in [-0.4, -0.2) is 16.0 Å².